The van der Waals surface area contributed by atoms with Crippen LogP contribution in [-0.2, 0) is 12.8 Å². The number of aromatic nitrogens is 5. The lowest BCUT2D eigenvalue weighted by Crippen LogP contribution is -2.45. The molecule has 0 saturated carbocycles. The number of rotatable bonds is 7. The predicted molar refractivity (Wildman–Crippen MR) is 120 cm³/mol. The summed E-state index contributed by atoms with van der Waals surface area (Å²) < 4.78 is 5.82. The van der Waals surface area contributed by atoms with Crippen LogP contribution in [-0.4, -0.2) is 68.8 Å². The van der Waals surface area contributed by atoms with Gasteiger partial charge < -0.3 is 14.5 Å². The van der Waals surface area contributed by atoms with Gasteiger partial charge in [-0.05, 0) is 25.6 Å². The minimum atomic E-state index is -0.102. The van der Waals surface area contributed by atoms with Crippen molar-refractivity contribution >= 4 is 11.7 Å². The number of ketones is 1. The first-order valence-electron chi connectivity index (χ1n) is 10.8. The van der Waals surface area contributed by atoms with Crippen molar-refractivity contribution in [3.63, 3.8) is 0 Å². The number of anilines is 1. The maximum absolute atomic E-state index is 12.8. The van der Waals surface area contributed by atoms with E-state index < -0.39 is 0 Å². The molecule has 0 unspecified atom stereocenters. The molecule has 1 fully saturated rings. The van der Waals surface area contributed by atoms with Gasteiger partial charge in [0.15, 0.2) is 5.78 Å². The summed E-state index contributed by atoms with van der Waals surface area (Å²) in [6, 6.07) is 11.4. The molecule has 1 aromatic carbocycles. The van der Waals surface area contributed by atoms with Crippen molar-refractivity contribution in [3.05, 3.63) is 59.2 Å². The number of carbonyl (C=O) groups is 1. The Morgan fingerprint density at radius 3 is 2.41 bits per heavy atom. The van der Waals surface area contributed by atoms with Crippen molar-refractivity contribution in [2.75, 3.05) is 38.1 Å². The number of ether oxygens (including phenoxy) is 1. The predicted octanol–water partition coefficient (Wildman–Crippen LogP) is 2.50. The first kappa shape index (κ1) is 21.8. The zero-order valence-electron chi connectivity index (χ0n) is 18.7. The van der Waals surface area contributed by atoms with Gasteiger partial charge in [0.25, 0.3) is 0 Å². The number of nitrogens with zero attached hydrogens (tertiary/aromatic N) is 7. The molecule has 166 valence electrons. The highest BCUT2D eigenvalue weighted by atomic mass is 16.5. The van der Waals surface area contributed by atoms with E-state index in [0.29, 0.717) is 29.6 Å². The molecule has 1 aliphatic heterocycles. The van der Waals surface area contributed by atoms with Crippen LogP contribution in [0.1, 0.15) is 34.5 Å². The summed E-state index contributed by atoms with van der Waals surface area (Å²) in [6.45, 7) is 7.34. The van der Waals surface area contributed by atoms with Gasteiger partial charge in [0.1, 0.15) is 11.5 Å². The van der Waals surface area contributed by atoms with E-state index in [1.165, 1.54) is 0 Å². The van der Waals surface area contributed by atoms with Crippen LogP contribution in [0.15, 0.2) is 36.4 Å². The molecular formula is C23H27N7O2. The third-order valence-corrected chi connectivity index (χ3v) is 5.26. The van der Waals surface area contributed by atoms with E-state index in [-0.39, 0.29) is 24.2 Å². The normalized spacial score (nSPS) is 14.4. The molecule has 3 heterocycles. The van der Waals surface area contributed by atoms with Crippen molar-refractivity contribution in [2.45, 2.75) is 26.7 Å². The SMILES string of the molecule is CCc1nc(Oc2nc(C)cc(C(=O)Cc3ccccc3)n2)nc(N2CCN(C)CC2)n1. The Morgan fingerprint density at radius 1 is 0.969 bits per heavy atom. The molecule has 3 aromatic rings. The van der Waals surface area contributed by atoms with Crippen molar-refractivity contribution in [1.29, 1.82) is 0 Å². The monoisotopic (exact) mass is 433 g/mol. The summed E-state index contributed by atoms with van der Waals surface area (Å²) >= 11 is 0. The zero-order valence-corrected chi connectivity index (χ0v) is 18.7. The van der Waals surface area contributed by atoms with Crippen molar-refractivity contribution in [1.82, 2.24) is 29.8 Å². The standard InChI is InChI=1S/C23H27N7O2/c1-4-20-26-21(30-12-10-29(3)11-13-30)28-23(27-20)32-22-24-16(2)14-18(25-22)19(31)15-17-8-6-5-7-9-17/h5-9,14H,4,10-13,15H2,1-3H3. The van der Waals surface area contributed by atoms with Gasteiger partial charge in [-0.1, -0.05) is 37.3 Å². The molecular weight excluding hydrogens is 406 g/mol. The third-order valence-electron chi connectivity index (χ3n) is 5.26. The fourth-order valence-electron chi connectivity index (χ4n) is 3.42. The molecule has 0 spiro atoms. The van der Waals surface area contributed by atoms with E-state index in [9.17, 15) is 4.79 Å². The van der Waals surface area contributed by atoms with Crippen molar-refractivity contribution < 1.29 is 9.53 Å². The van der Waals surface area contributed by atoms with Gasteiger partial charge in [-0.2, -0.15) is 19.9 Å². The number of aryl methyl sites for hydroxylation is 2. The maximum Gasteiger partial charge on any atom is 0.329 e. The summed E-state index contributed by atoms with van der Waals surface area (Å²) in [6.07, 6.45) is 0.908. The Kier molecular flexibility index (Phi) is 6.65. The molecule has 9 heteroatoms. The largest absolute Gasteiger partial charge is 0.388 e. The van der Waals surface area contributed by atoms with Gasteiger partial charge in [0, 0.05) is 44.7 Å². The quantitative estimate of drug-likeness (QED) is 0.521. The summed E-state index contributed by atoms with van der Waals surface area (Å²) in [7, 11) is 2.10. The van der Waals surface area contributed by atoms with E-state index in [1.807, 2.05) is 37.3 Å². The van der Waals surface area contributed by atoms with E-state index in [1.54, 1.807) is 13.0 Å². The second-order valence-electron chi connectivity index (χ2n) is 7.84. The molecule has 1 saturated heterocycles. The van der Waals surface area contributed by atoms with E-state index >= 15 is 0 Å². The average Bonchev–Trinajstić information content (AvgIpc) is 2.79. The number of Topliss-reactive ketones (excluding diaryl/α,β-unsaturated/α-hetero) is 1. The smallest absolute Gasteiger partial charge is 0.329 e. The Morgan fingerprint density at radius 2 is 1.69 bits per heavy atom. The van der Waals surface area contributed by atoms with Crippen LogP contribution in [0, 0.1) is 6.92 Å². The van der Waals surface area contributed by atoms with Crippen LogP contribution in [0.3, 0.4) is 0 Å². The van der Waals surface area contributed by atoms with Gasteiger partial charge in [-0.25, -0.2) is 4.98 Å². The second-order valence-corrected chi connectivity index (χ2v) is 7.84. The van der Waals surface area contributed by atoms with E-state index in [4.69, 9.17) is 4.74 Å². The Bertz CT molecular complexity index is 1080. The van der Waals surface area contributed by atoms with Crippen molar-refractivity contribution in [2.24, 2.45) is 0 Å². The lowest BCUT2D eigenvalue weighted by Gasteiger charge is -2.32. The zero-order chi connectivity index (χ0) is 22.5. The molecule has 0 bridgehead atoms. The van der Waals surface area contributed by atoms with Crippen LogP contribution in [0.5, 0.6) is 12.0 Å². The molecule has 0 N–H and O–H groups in total. The summed E-state index contributed by atoms with van der Waals surface area (Å²) in [5, 5.41) is 0. The molecule has 32 heavy (non-hydrogen) atoms. The van der Waals surface area contributed by atoms with E-state index in [2.05, 4.69) is 41.8 Å². The molecule has 0 aliphatic carbocycles. The highest BCUT2D eigenvalue weighted by Gasteiger charge is 2.20. The third kappa shape index (κ3) is 5.42. The van der Waals surface area contributed by atoms with Crippen molar-refractivity contribution in [3.8, 4) is 12.0 Å². The highest BCUT2D eigenvalue weighted by molar-refractivity contribution is 5.95. The van der Waals surface area contributed by atoms with Crippen LogP contribution < -0.4 is 9.64 Å². The molecule has 0 radical (unpaired) electrons. The number of carbonyl (C=O) groups excluding carboxylic acids is 1. The molecule has 2 aromatic heterocycles. The van der Waals surface area contributed by atoms with Gasteiger partial charge in [-0.15, -0.1) is 0 Å². The number of hydrogen-bond acceptors (Lipinski definition) is 9. The fraction of sp³-hybridized carbons (Fsp3) is 0.391. The van der Waals surface area contributed by atoms with Crippen LogP contribution >= 0.6 is 0 Å². The number of piperazine rings is 1. The highest BCUT2D eigenvalue weighted by Crippen LogP contribution is 2.19. The number of benzene rings is 1. The summed E-state index contributed by atoms with van der Waals surface area (Å²) in [5.74, 6) is 1.12. The van der Waals surface area contributed by atoms with Crippen LogP contribution in [0.4, 0.5) is 5.95 Å². The first-order valence-corrected chi connectivity index (χ1v) is 10.8. The lowest BCUT2D eigenvalue weighted by molar-refractivity contribution is 0.0987. The topological polar surface area (TPSA) is 97.2 Å². The maximum atomic E-state index is 12.8. The molecule has 9 nitrogen and oxygen atoms in total. The van der Waals surface area contributed by atoms with Crippen LogP contribution in [0.25, 0.3) is 0 Å². The average molecular weight is 434 g/mol. The Labute approximate surface area is 187 Å². The number of hydrogen-bond donors (Lipinski definition) is 0. The number of likely N-dealkylation sites (N-methyl/N-ethyl adjacent to an activating group) is 1. The van der Waals surface area contributed by atoms with Gasteiger partial charge >= 0.3 is 12.0 Å². The minimum absolute atomic E-state index is 0.0546. The van der Waals surface area contributed by atoms with Gasteiger partial charge in [0.2, 0.25) is 5.95 Å². The van der Waals surface area contributed by atoms with E-state index in [0.717, 1.165) is 31.7 Å². The molecule has 0 amide bonds. The fourth-order valence-corrected chi connectivity index (χ4v) is 3.42. The lowest BCUT2D eigenvalue weighted by atomic mass is 10.1. The molecule has 0 atom stereocenters. The molecule has 4 rings (SSSR count). The first-order chi connectivity index (χ1) is 15.5. The Balaban J connectivity index is 1.55. The minimum Gasteiger partial charge on any atom is -0.388 e. The molecule has 1 aliphatic rings. The van der Waals surface area contributed by atoms with Gasteiger partial charge in [0.05, 0.1) is 0 Å². The summed E-state index contributed by atoms with van der Waals surface area (Å²) in [4.78, 5) is 39.2. The Hall–Kier alpha value is -3.46. The second kappa shape index (κ2) is 9.78. The summed E-state index contributed by atoms with van der Waals surface area (Å²) in [5.41, 5.74) is 1.87. The van der Waals surface area contributed by atoms with Crippen LogP contribution in [0.2, 0.25) is 0 Å². The van der Waals surface area contributed by atoms with Gasteiger partial charge in [-0.3, -0.25) is 4.79 Å².